The Morgan fingerprint density at radius 3 is 1.88 bits per heavy atom. The topological polar surface area (TPSA) is 74.7 Å². The second-order valence-corrected chi connectivity index (χ2v) is 7.82. The zero-order valence-electron chi connectivity index (χ0n) is 15.0. The average molecular weight is 389 g/mol. The van der Waals surface area contributed by atoms with Crippen molar-refractivity contribution in [1.29, 1.82) is 0 Å². The maximum Gasteiger partial charge on any atom is 0.522 e. The first-order valence-corrected chi connectivity index (χ1v) is 10.3. The minimum Gasteiger partial charge on any atom is -0.342 e. The molecule has 0 aromatic rings. The molecule has 1 aliphatic rings. The van der Waals surface area contributed by atoms with Gasteiger partial charge in [-0.15, -0.1) is 0 Å². The number of hydrogen-bond donors (Lipinski definition) is 1. The summed E-state index contributed by atoms with van der Waals surface area (Å²) in [5.74, 6) is 0.664. The summed E-state index contributed by atoms with van der Waals surface area (Å²) in [4.78, 5) is 13.7. The third-order valence-corrected chi connectivity index (χ3v) is 4.72. The number of nitrogens with zero attached hydrogens (tertiary/aromatic N) is 1. The molecule has 1 fully saturated rings. The second kappa shape index (κ2) is 11.7. The van der Waals surface area contributed by atoms with Crippen LogP contribution in [0.4, 0.5) is 13.2 Å². The van der Waals surface area contributed by atoms with Crippen LogP contribution in [0, 0.1) is 5.92 Å². The molecule has 1 atom stereocenters. The van der Waals surface area contributed by atoms with Crippen LogP contribution in [-0.2, 0) is 14.9 Å². The van der Waals surface area contributed by atoms with Crippen LogP contribution in [0.3, 0.4) is 0 Å². The van der Waals surface area contributed by atoms with Crippen LogP contribution in [0.1, 0.15) is 71.6 Å². The summed E-state index contributed by atoms with van der Waals surface area (Å²) < 4.78 is 57.5. The summed E-state index contributed by atoms with van der Waals surface area (Å²) in [6, 6.07) is 0. The molecule has 0 spiro atoms. The van der Waals surface area contributed by atoms with E-state index in [1.165, 1.54) is 51.4 Å². The largest absolute Gasteiger partial charge is 0.522 e. The number of rotatable bonds is 9. The van der Waals surface area contributed by atoms with Gasteiger partial charge in [0.15, 0.2) is 0 Å². The van der Waals surface area contributed by atoms with Crippen molar-refractivity contribution in [2.45, 2.75) is 77.1 Å². The Bertz CT molecular complexity index is 480. The van der Waals surface area contributed by atoms with Crippen LogP contribution < -0.4 is 0 Å². The Morgan fingerprint density at radius 2 is 1.52 bits per heavy atom. The number of hydrogen-bond acceptors (Lipinski definition) is 3. The molecule has 1 rings (SSSR count). The lowest BCUT2D eigenvalue weighted by Crippen LogP contribution is -2.27. The summed E-state index contributed by atoms with van der Waals surface area (Å²) in [6.07, 6.45) is 11.8. The van der Waals surface area contributed by atoms with Crippen molar-refractivity contribution in [2.24, 2.45) is 5.92 Å². The summed E-state index contributed by atoms with van der Waals surface area (Å²) in [5, 5.41) is 0. The number of halogens is 3. The predicted octanol–water partition coefficient (Wildman–Crippen LogP) is 4.39. The Hall–Kier alpha value is -0.830. The van der Waals surface area contributed by atoms with E-state index in [1.807, 2.05) is 0 Å². The monoisotopic (exact) mass is 389 g/mol. The molecular formula is C16H30F3NO4S. The highest BCUT2D eigenvalue weighted by atomic mass is 32.2. The van der Waals surface area contributed by atoms with Gasteiger partial charge >= 0.3 is 15.6 Å². The lowest BCUT2D eigenvalue weighted by molar-refractivity contribution is -0.130. The zero-order chi connectivity index (χ0) is 19.5. The highest BCUT2D eigenvalue weighted by Gasteiger charge is 2.44. The fourth-order valence-electron chi connectivity index (χ4n) is 2.55. The van der Waals surface area contributed by atoms with Crippen LogP contribution in [0.5, 0.6) is 0 Å². The van der Waals surface area contributed by atoms with Gasteiger partial charge in [-0.25, -0.2) is 0 Å². The van der Waals surface area contributed by atoms with E-state index in [4.69, 9.17) is 13.0 Å². The lowest BCUT2D eigenvalue weighted by atomic mass is 10.1. The first-order valence-electron chi connectivity index (χ1n) is 8.83. The molecular weight excluding hydrogens is 359 g/mol. The van der Waals surface area contributed by atoms with Crippen LogP contribution in [0.2, 0.25) is 0 Å². The van der Waals surface area contributed by atoms with Gasteiger partial charge in [-0.05, 0) is 12.8 Å². The van der Waals surface area contributed by atoms with Gasteiger partial charge in [0.25, 0.3) is 0 Å². The van der Waals surface area contributed by atoms with E-state index in [0.717, 1.165) is 19.5 Å². The van der Waals surface area contributed by atoms with Crippen molar-refractivity contribution in [3.63, 3.8) is 0 Å². The normalized spacial score (nSPS) is 18.2. The van der Waals surface area contributed by atoms with Crippen molar-refractivity contribution in [2.75, 3.05) is 13.1 Å². The van der Waals surface area contributed by atoms with Gasteiger partial charge in [-0.1, -0.05) is 58.8 Å². The molecule has 1 heterocycles. The van der Waals surface area contributed by atoms with Gasteiger partial charge in [0.05, 0.1) is 0 Å². The van der Waals surface area contributed by atoms with Crippen molar-refractivity contribution in [1.82, 2.24) is 4.90 Å². The van der Waals surface area contributed by atoms with E-state index in [1.54, 1.807) is 0 Å². The van der Waals surface area contributed by atoms with Crippen molar-refractivity contribution < 1.29 is 30.9 Å². The molecule has 0 aliphatic carbocycles. The van der Waals surface area contributed by atoms with E-state index >= 15 is 0 Å². The molecule has 0 saturated carbocycles. The smallest absolute Gasteiger partial charge is 0.342 e. The minimum absolute atomic E-state index is 0.282. The van der Waals surface area contributed by atoms with Gasteiger partial charge in [-0.3, -0.25) is 9.35 Å². The lowest BCUT2D eigenvalue weighted by Gasteiger charge is -2.15. The third kappa shape index (κ3) is 10.7. The minimum atomic E-state index is -5.84. The SMILES string of the molecule is CCCCCCCCCCN1CCC(C)C1=O.O=S(=O)(O)C(F)(F)F. The Morgan fingerprint density at radius 1 is 1.08 bits per heavy atom. The van der Waals surface area contributed by atoms with Crippen LogP contribution in [-0.4, -0.2) is 42.4 Å². The molecule has 150 valence electrons. The second-order valence-electron chi connectivity index (χ2n) is 6.41. The standard InChI is InChI=1S/C15H29NO.CHF3O3S/c1-3-4-5-6-7-8-9-10-12-16-13-11-14(2)15(16)17;2-1(3,4)8(5,6)7/h14H,3-13H2,1-2H3;(H,5,6,7). The Labute approximate surface area is 148 Å². The number of carbonyl (C=O) groups excluding carboxylic acids is 1. The number of alkyl halides is 3. The quantitative estimate of drug-likeness (QED) is 0.361. The van der Waals surface area contributed by atoms with Crippen LogP contribution >= 0.6 is 0 Å². The molecule has 0 aromatic carbocycles. The summed E-state index contributed by atoms with van der Waals surface area (Å²) >= 11 is 0. The predicted molar refractivity (Wildman–Crippen MR) is 90.6 cm³/mol. The Kier molecular flexibility index (Phi) is 11.3. The van der Waals surface area contributed by atoms with Gasteiger partial charge in [0.2, 0.25) is 5.91 Å². The van der Waals surface area contributed by atoms with Crippen LogP contribution in [0.15, 0.2) is 0 Å². The summed E-state index contributed by atoms with van der Waals surface area (Å²) in [6.45, 7) is 6.30. The Balaban J connectivity index is 0.000000609. The van der Waals surface area contributed by atoms with Crippen molar-refractivity contribution in [3.8, 4) is 0 Å². The molecule has 1 N–H and O–H groups in total. The first kappa shape index (κ1) is 24.2. The molecule has 1 saturated heterocycles. The molecule has 5 nitrogen and oxygen atoms in total. The van der Waals surface area contributed by atoms with Crippen molar-refractivity contribution >= 4 is 16.0 Å². The highest BCUT2D eigenvalue weighted by Crippen LogP contribution is 2.20. The van der Waals surface area contributed by atoms with E-state index in [2.05, 4.69) is 18.7 Å². The zero-order valence-corrected chi connectivity index (χ0v) is 15.8. The molecule has 0 aromatic heterocycles. The van der Waals surface area contributed by atoms with Gasteiger partial charge in [0, 0.05) is 19.0 Å². The highest BCUT2D eigenvalue weighted by molar-refractivity contribution is 7.86. The molecule has 9 heteroatoms. The maximum atomic E-state index is 11.7. The fourth-order valence-corrected chi connectivity index (χ4v) is 2.55. The molecule has 1 aliphatic heterocycles. The first-order chi connectivity index (χ1) is 11.5. The number of unbranched alkanes of at least 4 members (excludes halogenated alkanes) is 7. The fraction of sp³-hybridized carbons (Fsp3) is 0.938. The van der Waals surface area contributed by atoms with E-state index in [0.29, 0.717) is 5.91 Å². The summed E-state index contributed by atoms with van der Waals surface area (Å²) in [5.41, 5.74) is -5.53. The van der Waals surface area contributed by atoms with Gasteiger partial charge < -0.3 is 4.90 Å². The van der Waals surface area contributed by atoms with E-state index in [-0.39, 0.29) is 5.92 Å². The van der Waals surface area contributed by atoms with E-state index in [9.17, 15) is 18.0 Å². The average Bonchev–Trinajstić information content (AvgIpc) is 2.80. The van der Waals surface area contributed by atoms with Gasteiger partial charge in [-0.2, -0.15) is 21.6 Å². The molecule has 25 heavy (non-hydrogen) atoms. The molecule has 0 bridgehead atoms. The number of carbonyl (C=O) groups is 1. The van der Waals surface area contributed by atoms with Crippen LogP contribution in [0.25, 0.3) is 0 Å². The molecule has 0 radical (unpaired) electrons. The molecule has 1 unspecified atom stereocenters. The van der Waals surface area contributed by atoms with E-state index < -0.39 is 15.6 Å². The summed E-state index contributed by atoms with van der Waals surface area (Å²) in [7, 11) is -5.84. The maximum absolute atomic E-state index is 11.7. The number of amides is 1. The molecule has 1 amide bonds. The number of likely N-dealkylation sites (tertiary alicyclic amines) is 1. The van der Waals surface area contributed by atoms with Crippen molar-refractivity contribution in [3.05, 3.63) is 0 Å². The third-order valence-electron chi connectivity index (χ3n) is 4.14. The van der Waals surface area contributed by atoms with Gasteiger partial charge in [0.1, 0.15) is 0 Å².